The maximum Gasteiger partial charge on any atom is 0.240 e. The number of carbonyl (C=O) groups is 1. The summed E-state index contributed by atoms with van der Waals surface area (Å²) in [6.07, 6.45) is 0.910. The molecule has 0 fully saturated rings. The molecular formula is C13H15N5OS. The fraction of sp³-hybridized carbons (Fsp3) is 0.308. The minimum atomic E-state index is -0.253. The molecule has 7 heteroatoms. The van der Waals surface area contributed by atoms with E-state index in [0.29, 0.717) is 5.16 Å². The quantitative estimate of drug-likeness (QED) is 0.835. The average Bonchev–Trinajstić information content (AvgIpc) is 3.04. The van der Waals surface area contributed by atoms with Crippen molar-refractivity contribution in [2.24, 2.45) is 0 Å². The monoisotopic (exact) mass is 289 g/mol. The molecule has 0 saturated heterocycles. The number of nitrogens with two attached hydrogens (primary N) is 1. The number of nitrogens with zero attached hydrogens (tertiary/aromatic N) is 3. The summed E-state index contributed by atoms with van der Waals surface area (Å²) in [7, 11) is 0. The summed E-state index contributed by atoms with van der Waals surface area (Å²) < 4.78 is 0. The largest absolute Gasteiger partial charge is 0.368 e. The Morgan fingerprint density at radius 3 is 3.05 bits per heavy atom. The molecule has 6 nitrogen and oxygen atoms in total. The third kappa shape index (κ3) is 2.36. The molecule has 0 radical (unpaired) electrons. The minimum Gasteiger partial charge on any atom is -0.368 e. The molecule has 1 aliphatic rings. The van der Waals surface area contributed by atoms with Gasteiger partial charge in [-0.1, -0.05) is 30.0 Å². The van der Waals surface area contributed by atoms with Gasteiger partial charge in [0.15, 0.2) is 0 Å². The number of hydrogen-bond donors (Lipinski definition) is 2. The Morgan fingerprint density at radius 1 is 1.50 bits per heavy atom. The third-order valence-electron chi connectivity index (χ3n) is 3.27. The summed E-state index contributed by atoms with van der Waals surface area (Å²) in [5.74, 6) is 0.335. The molecule has 0 saturated carbocycles. The maximum absolute atomic E-state index is 12.5. The van der Waals surface area contributed by atoms with Crippen molar-refractivity contribution in [3.8, 4) is 0 Å². The van der Waals surface area contributed by atoms with E-state index in [0.717, 1.165) is 18.7 Å². The lowest BCUT2D eigenvalue weighted by Gasteiger charge is -2.20. The van der Waals surface area contributed by atoms with E-state index in [2.05, 4.69) is 21.2 Å². The number of para-hydroxylation sites is 1. The maximum atomic E-state index is 12.5. The molecule has 1 aromatic heterocycles. The Bertz CT molecular complexity index is 641. The second kappa shape index (κ2) is 5.16. The van der Waals surface area contributed by atoms with Crippen LogP contribution in [0, 0.1) is 0 Å². The van der Waals surface area contributed by atoms with Gasteiger partial charge in [-0.2, -0.15) is 4.98 Å². The van der Waals surface area contributed by atoms with Crippen LogP contribution in [-0.4, -0.2) is 32.9 Å². The number of H-pyrrole nitrogens is 1. The molecule has 3 rings (SSSR count). The Kier molecular flexibility index (Phi) is 3.35. The van der Waals surface area contributed by atoms with Crippen LogP contribution < -0.4 is 10.6 Å². The topological polar surface area (TPSA) is 87.9 Å². The molecule has 1 aliphatic heterocycles. The standard InChI is InChI=1S/C13H15N5OS/c1-8(20-13-15-12(14)16-17-13)11(19)18-7-6-9-4-2-3-5-10(9)18/h2-5,8H,6-7H2,1H3,(H3,14,15,16,17)/t8-/m0/s1. The number of aromatic nitrogens is 3. The highest BCUT2D eigenvalue weighted by Gasteiger charge is 2.28. The second-order valence-electron chi connectivity index (χ2n) is 4.63. The zero-order valence-electron chi connectivity index (χ0n) is 11.0. The predicted molar refractivity (Wildman–Crippen MR) is 78.6 cm³/mol. The molecule has 3 N–H and O–H groups in total. The third-order valence-corrected chi connectivity index (χ3v) is 4.21. The van der Waals surface area contributed by atoms with Gasteiger partial charge in [0, 0.05) is 12.2 Å². The van der Waals surface area contributed by atoms with Crippen molar-refractivity contribution >= 4 is 29.3 Å². The van der Waals surface area contributed by atoms with Gasteiger partial charge in [-0.05, 0) is 25.0 Å². The van der Waals surface area contributed by atoms with Gasteiger partial charge in [-0.3, -0.25) is 4.79 Å². The smallest absolute Gasteiger partial charge is 0.240 e. The van der Waals surface area contributed by atoms with Crippen LogP contribution in [0.4, 0.5) is 11.6 Å². The zero-order valence-corrected chi connectivity index (χ0v) is 11.9. The number of thioether (sulfide) groups is 1. The number of fused-ring (bicyclic) bond motifs is 1. The van der Waals surface area contributed by atoms with E-state index in [9.17, 15) is 4.79 Å². The van der Waals surface area contributed by atoms with Crippen molar-refractivity contribution in [1.82, 2.24) is 15.2 Å². The molecule has 1 atom stereocenters. The van der Waals surface area contributed by atoms with Crippen molar-refractivity contribution in [1.29, 1.82) is 0 Å². The number of benzene rings is 1. The van der Waals surface area contributed by atoms with E-state index < -0.39 is 0 Å². The van der Waals surface area contributed by atoms with Gasteiger partial charge in [0.25, 0.3) is 0 Å². The summed E-state index contributed by atoms with van der Waals surface area (Å²) in [5.41, 5.74) is 7.71. The zero-order chi connectivity index (χ0) is 14.1. The summed E-state index contributed by atoms with van der Waals surface area (Å²) in [6, 6.07) is 8.01. The minimum absolute atomic E-state index is 0.0725. The summed E-state index contributed by atoms with van der Waals surface area (Å²) in [5, 5.41) is 6.75. The fourth-order valence-corrected chi connectivity index (χ4v) is 3.10. The van der Waals surface area contributed by atoms with E-state index in [4.69, 9.17) is 5.73 Å². The normalized spacial score (nSPS) is 15.2. The van der Waals surface area contributed by atoms with Crippen LogP contribution in [-0.2, 0) is 11.2 Å². The Hall–Kier alpha value is -2.02. The van der Waals surface area contributed by atoms with Gasteiger partial charge in [-0.25, -0.2) is 5.10 Å². The molecular weight excluding hydrogens is 274 g/mol. The van der Waals surface area contributed by atoms with Gasteiger partial charge < -0.3 is 10.6 Å². The van der Waals surface area contributed by atoms with Crippen molar-refractivity contribution in [3.63, 3.8) is 0 Å². The van der Waals surface area contributed by atoms with E-state index in [1.807, 2.05) is 30.0 Å². The van der Waals surface area contributed by atoms with Gasteiger partial charge in [0.05, 0.1) is 5.25 Å². The number of nitrogens with one attached hydrogen (secondary N) is 1. The lowest BCUT2D eigenvalue weighted by atomic mass is 10.2. The molecule has 0 spiro atoms. The highest BCUT2D eigenvalue weighted by Crippen LogP contribution is 2.30. The number of nitrogen functional groups attached to an aromatic ring is 1. The van der Waals surface area contributed by atoms with Crippen LogP contribution in [0.2, 0.25) is 0 Å². The SMILES string of the molecule is C[C@H](Sc1n[nH]c(N)n1)C(=O)N1CCc2ccccc21. The Balaban J connectivity index is 1.73. The van der Waals surface area contributed by atoms with E-state index in [1.54, 1.807) is 0 Å². The number of rotatable bonds is 3. The highest BCUT2D eigenvalue weighted by molar-refractivity contribution is 8.00. The van der Waals surface area contributed by atoms with E-state index in [1.165, 1.54) is 17.3 Å². The number of amides is 1. The summed E-state index contributed by atoms with van der Waals surface area (Å²) in [4.78, 5) is 18.4. The first kappa shape index (κ1) is 13.0. The number of anilines is 2. The first-order valence-electron chi connectivity index (χ1n) is 6.39. The first-order valence-corrected chi connectivity index (χ1v) is 7.27. The van der Waals surface area contributed by atoms with Crippen molar-refractivity contribution < 1.29 is 4.79 Å². The molecule has 2 heterocycles. The summed E-state index contributed by atoms with van der Waals surface area (Å²) >= 11 is 1.31. The first-order chi connectivity index (χ1) is 9.65. The molecule has 1 amide bonds. The van der Waals surface area contributed by atoms with Gasteiger partial charge in [0.2, 0.25) is 17.0 Å². The van der Waals surface area contributed by atoms with Crippen LogP contribution in [0.3, 0.4) is 0 Å². The lowest BCUT2D eigenvalue weighted by Crippen LogP contribution is -2.35. The summed E-state index contributed by atoms with van der Waals surface area (Å²) in [6.45, 7) is 2.60. The van der Waals surface area contributed by atoms with Crippen molar-refractivity contribution in [3.05, 3.63) is 29.8 Å². The molecule has 2 aromatic rings. The van der Waals surface area contributed by atoms with Crippen LogP contribution in [0.1, 0.15) is 12.5 Å². The molecule has 0 aliphatic carbocycles. The van der Waals surface area contributed by atoms with Crippen LogP contribution in [0.5, 0.6) is 0 Å². The van der Waals surface area contributed by atoms with E-state index >= 15 is 0 Å². The Labute approximate surface area is 120 Å². The van der Waals surface area contributed by atoms with Gasteiger partial charge in [0.1, 0.15) is 0 Å². The van der Waals surface area contributed by atoms with Crippen LogP contribution >= 0.6 is 11.8 Å². The molecule has 0 unspecified atom stereocenters. The van der Waals surface area contributed by atoms with Crippen molar-refractivity contribution in [2.45, 2.75) is 23.8 Å². The molecule has 20 heavy (non-hydrogen) atoms. The Morgan fingerprint density at radius 2 is 2.30 bits per heavy atom. The average molecular weight is 289 g/mol. The molecule has 0 bridgehead atoms. The van der Waals surface area contributed by atoms with Crippen molar-refractivity contribution in [2.75, 3.05) is 17.2 Å². The van der Waals surface area contributed by atoms with E-state index in [-0.39, 0.29) is 17.1 Å². The highest BCUT2D eigenvalue weighted by atomic mass is 32.2. The van der Waals surface area contributed by atoms with Gasteiger partial charge in [-0.15, -0.1) is 5.10 Å². The number of hydrogen-bond acceptors (Lipinski definition) is 5. The lowest BCUT2D eigenvalue weighted by molar-refractivity contribution is -0.117. The number of aromatic amines is 1. The van der Waals surface area contributed by atoms with Crippen LogP contribution in [0.15, 0.2) is 29.4 Å². The van der Waals surface area contributed by atoms with Crippen LogP contribution in [0.25, 0.3) is 0 Å². The molecule has 104 valence electrons. The molecule has 1 aromatic carbocycles. The van der Waals surface area contributed by atoms with Gasteiger partial charge >= 0.3 is 0 Å². The second-order valence-corrected chi connectivity index (χ2v) is 5.94. The predicted octanol–water partition coefficient (Wildman–Crippen LogP) is 1.46. The fourth-order valence-electron chi connectivity index (χ4n) is 2.31. The number of carbonyl (C=O) groups excluding carboxylic acids is 1.